The number of carbonyl (C=O) groups is 1. The van der Waals surface area contributed by atoms with Crippen LogP contribution in [0, 0.1) is 0 Å². The van der Waals surface area contributed by atoms with Gasteiger partial charge >= 0.3 is 7.12 Å². The van der Waals surface area contributed by atoms with Gasteiger partial charge in [0, 0.05) is 18.7 Å². The molecule has 1 amide bonds. The first-order valence-corrected chi connectivity index (χ1v) is 9.48. The van der Waals surface area contributed by atoms with E-state index in [-0.39, 0.29) is 11.9 Å². The average molecular weight is 377 g/mol. The van der Waals surface area contributed by atoms with E-state index >= 15 is 0 Å². The molecule has 1 saturated carbocycles. The number of aromatic nitrogens is 2. The highest BCUT2D eigenvalue weighted by molar-refractivity contribution is 6.61. The van der Waals surface area contributed by atoms with Gasteiger partial charge in [-0.3, -0.25) is 14.7 Å². The van der Waals surface area contributed by atoms with Crippen LogP contribution in [-0.4, -0.2) is 47.3 Å². The van der Waals surface area contributed by atoms with Gasteiger partial charge < -0.3 is 9.68 Å². The Morgan fingerprint density at radius 2 is 2.25 bits per heavy atom. The number of hydrogen-bond donors (Lipinski definition) is 1. The van der Waals surface area contributed by atoms with Crippen molar-refractivity contribution in [3.05, 3.63) is 41.2 Å². The van der Waals surface area contributed by atoms with Crippen LogP contribution >= 0.6 is 0 Å². The number of nitrogens with zero attached hydrogens (tertiary/aromatic N) is 5. The summed E-state index contributed by atoms with van der Waals surface area (Å²) in [5.74, 6) is 1.47. The van der Waals surface area contributed by atoms with Crippen LogP contribution < -0.4 is 15.4 Å². The van der Waals surface area contributed by atoms with E-state index in [1.165, 1.54) is 6.33 Å². The van der Waals surface area contributed by atoms with Crippen LogP contribution in [0.2, 0.25) is 0 Å². The molecule has 1 fully saturated rings. The van der Waals surface area contributed by atoms with Gasteiger partial charge in [-0.15, -0.1) is 0 Å². The zero-order valence-corrected chi connectivity index (χ0v) is 15.6. The molecule has 1 N–H and O–H groups in total. The molecular formula is C19H20BN5O3. The van der Waals surface area contributed by atoms with E-state index < -0.39 is 7.12 Å². The summed E-state index contributed by atoms with van der Waals surface area (Å²) < 4.78 is 5.22. The predicted molar refractivity (Wildman–Crippen MR) is 106 cm³/mol. The SMILES string of the molecule is CN(/N=C/c1ccc2c(c1)COB2O)c1ncnc2c1CC(=O)N2C1CCC1. The zero-order valence-electron chi connectivity index (χ0n) is 15.6. The minimum absolute atomic E-state index is 0.0935. The molecule has 2 aliphatic heterocycles. The third-order valence-electron chi connectivity index (χ3n) is 5.68. The predicted octanol–water partition coefficient (Wildman–Crippen LogP) is 0.606. The van der Waals surface area contributed by atoms with E-state index in [9.17, 15) is 9.82 Å². The molecule has 0 spiro atoms. The standard InChI is InChI=1S/C19H20BN5O3/c1-24(23-9-12-5-6-16-13(7-12)10-28-20(16)27)18-15-8-17(26)25(14-3-2-4-14)19(15)22-11-21-18/h5-7,9,11,14,27H,2-4,8,10H2,1H3/b23-9+. The van der Waals surface area contributed by atoms with E-state index in [1.54, 1.807) is 11.2 Å². The van der Waals surface area contributed by atoms with Crippen molar-refractivity contribution in [2.75, 3.05) is 17.0 Å². The molecule has 2 aromatic rings. The summed E-state index contributed by atoms with van der Waals surface area (Å²) in [5, 5.41) is 15.9. The van der Waals surface area contributed by atoms with Gasteiger partial charge in [-0.25, -0.2) is 9.97 Å². The maximum absolute atomic E-state index is 12.5. The molecule has 5 rings (SSSR count). The van der Waals surface area contributed by atoms with Crippen molar-refractivity contribution in [1.29, 1.82) is 0 Å². The average Bonchev–Trinajstić information content (AvgIpc) is 3.18. The van der Waals surface area contributed by atoms with E-state index in [1.807, 2.05) is 30.1 Å². The molecule has 0 unspecified atom stereocenters. The largest absolute Gasteiger partial charge is 0.491 e. The Hall–Kier alpha value is -2.78. The van der Waals surface area contributed by atoms with Gasteiger partial charge in [0.25, 0.3) is 0 Å². The number of benzene rings is 1. The van der Waals surface area contributed by atoms with Crippen molar-refractivity contribution >= 4 is 36.3 Å². The number of hydrazone groups is 1. The van der Waals surface area contributed by atoms with Crippen molar-refractivity contribution < 1.29 is 14.5 Å². The van der Waals surface area contributed by atoms with E-state index in [0.717, 1.165) is 47.2 Å². The molecule has 3 aliphatic rings. The topological polar surface area (TPSA) is 91.1 Å². The second-order valence-corrected chi connectivity index (χ2v) is 7.41. The quantitative estimate of drug-likeness (QED) is 0.477. The van der Waals surface area contributed by atoms with Gasteiger partial charge in [0.05, 0.1) is 19.2 Å². The molecule has 142 valence electrons. The maximum atomic E-state index is 12.5. The molecule has 8 nitrogen and oxygen atoms in total. The summed E-state index contributed by atoms with van der Waals surface area (Å²) in [6.07, 6.45) is 6.79. The molecule has 3 heterocycles. The summed E-state index contributed by atoms with van der Waals surface area (Å²) in [5.41, 5.74) is 3.50. The van der Waals surface area contributed by atoms with E-state index in [4.69, 9.17) is 4.65 Å². The van der Waals surface area contributed by atoms with Gasteiger partial charge in [0.2, 0.25) is 5.91 Å². The van der Waals surface area contributed by atoms with E-state index in [0.29, 0.717) is 18.8 Å². The van der Waals surface area contributed by atoms with Crippen LogP contribution in [0.5, 0.6) is 0 Å². The Morgan fingerprint density at radius 1 is 1.39 bits per heavy atom. The fourth-order valence-corrected chi connectivity index (χ4v) is 3.95. The van der Waals surface area contributed by atoms with Crippen molar-refractivity contribution in [3.8, 4) is 0 Å². The molecule has 28 heavy (non-hydrogen) atoms. The second kappa shape index (κ2) is 6.68. The molecule has 0 saturated heterocycles. The monoisotopic (exact) mass is 377 g/mol. The number of anilines is 2. The Labute approximate surface area is 163 Å². The Bertz CT molecular complexity index is 978. The molecule has 1 aromatic carbocycles. The normalized spacial score (nSPS) is 18.6. The van der Waals surface area contributed by atoms with Crippen molar-refractivity contribution in [1.82, 2.24) is 9.97 Å². The molecule has 0 radical (unpaired) electrons. The molecule has 9 heteroatoms. The van der Waals surface area contributed by atoms with Crippen molar-refractivity contribution in [2.24, 2.45) is 5.10 Å². The minimum Gasteiger partial charge on any atom is -0.423 e. The zero-order chi connectivity index (χ0) is 19.3. The lowest BCUT2D eigenvalue weighted by Crippen LogP contribution is -2.42. The highest BCUT2D eigenvalue weighted by atomic mass is 16.5. The minimum atomic E-state index is -0.844. The van der Waals surface area contributed by atoms with Crippen molar-refractivity contribution in [3.63, 3.8) is 0 Å². The first-order valence-electron chi connectivity index (χ1n) is 9.48. The van der Waals surface area contributed by atoms with Gasteiger partial charge in [0.1, 0.15) is 12.1 Å². The smallest absolute Gasteiger partial charge is 0.423 e. The number of carbonyl (C=O) groups excluding carboxylic acids is 1. The van der Waals surface area contributed by atoms with Crippen LogP contribution in [0.1, 0.15) is 36.0 Å². The molecule has 0 atom stereocenters. The van der Waals surface area contributed by atoms with Gasteiger partial charge in [-0.05, 0) is 41.9 Å². The summed E-state index contributed by atoms with van der Waals surface area (Å²) in [4.78, 5) is 23.1. The fourth-order valence-electron chi connectivity index (χ4n) is 3.95. The summed E-state index contributed by atoms with van der Waals surface area (Å²) >= 11 is 0. The number of hydrogen-bond acceptors (Lipinski definition) is 7. The number of fused-ring (bicyclic) bond motifs is 2. The van der Waals surface area contributed by atoms with Crippen LogP contribution in [0.4, 0.5) is 11.6 Å². The molecule has 1 aromatic heterocycles. The third-order valence-corrected chi connectivity index (χ3v) is 5.68. The lowest BCUT2D eigenvalue weighted by Gasteiger charge is -2.34. The Kier molecular flexibility index (Phi) is 4.14. The first kappa shape index (κ1) is 17.3. The van der Waals surface area contributed by atoms with Gasteiger partial charge in [-0.1, -0.05) is 12.1 Å². The van der Waals surface area contributed by atoms with Crippen LogP contribution in [0.25, 0.3) is 0 Å². The summed E-state index contributed by atoms with van der Waals surface area (Å²) in [6, 6.07) is 5.97. The number of amides is 1. The fraction of sp³-hybridized carbons (Fsp3) is 0.368. The first-order chi connectivity index (χ1) is 13.6. The van der Waals surface area contributed by atoms with Crippen LogP contribution in [0.3, 0.4) is 0 Å². The lowest BCUT2D eigenvalue weighted by atomic mass is 9.79. The number of rotatable bonds is 4. The van der Waals surface area contributed by atoms with Gasteiger partial charge in [0.15, 0.2) is 5.82 Å². The highest BCUT2D eigenvalue weighted by Gasteiger charge is 2.39. The lowest BCUT2D eigenvalue weighted by molar-refractivity contribution is -0.118. The third kappa shape index (κ3) is 2.78. The Morgan fingerprint density at radius 3 is 3.04 bits per heavy atom. The van der Waals surface area contributed by atoms with Crippen molar-refractivity contribution in [2.45, 2.75) is 38.3 Å². The highest BCUT2D eigenvalue weighted by Crippen LogP contribution is 2.38. The maximum Gasteiger partial charge on any atom is 0.491 e. The molecule has 1 aliphatic carbocycles. The van der Waals surface area contributed by atoms with Crippen LogP contribution in [-0.2, 0) is 22.5 Å². The van der Waals surface area contributed by atoms with Crippen LogP contribution in [0.15, 0.2) is 29.6 Å². The Balaban J connectivity index is 1.39. The molecule has 0 bridgehead atoms. The van der Waals surface area contributed by atoms with E-state index in [2.05, 4.69) is 15.1 Å². The summed E-state index contributed by atoms with van der Waals surface area (Å²) in [6.45, 7) is 0.395. The summed E-state index contributed by atoms with van der Waals surface area (Å²) in [7, 11) is 0.971. The van der Waals surface area contributed by atoms with Gasteiger partial charge in [-0.2, -0.15) is 5.10 Å². The molecular weight excluding hydrogens is 357 g/mol. The second-order valence-electron chi connectivity index (χ2n) is 7.41.